The fourth-order valence-electron chi connectivity index (χ4n) is 7.04. The zero-order chi connectivity index (χ0) is 21.3. The Kier molecular flexibility index (Phi) is 6.98. The molecule has 3 N–H and O–H groups in total. The lowest BCUT2D eigenvalue weighted by molar-refractivity contribution is -0.162. The topological polar surface area (TPSA) is 53.2 Å². The highest BCUT2D eigenvalue weighted by Crippen LogP contribution is 2.47. The fraction of sp³-hybridized carbons (Fsp3) is 0.957. The van der Waals surface area contributed by atoms with Gasteiger partial charge in [0.1, 0.15) is 6.04 Å². The molecule has 8 atom stereocenters. The molecule has 0 spiro atoms. The van der Waals surface area contributed by atoms with Gasteiger partial charge in [-0.15, -0.1) is 0 Å². The van der Waals surface area contributed by atoms with Crippen LogP contribution in [-0.2, 0) is 4.79 Å². The van der Waals surface area contributed by atoms with E-state index in [2.05, 4.69) is 22.9 Å². The number of hydrogen-bond acceptors (Lipinski definition) is 3. The van der Waals surface area contributed by atoms with Gasteiger partial charge in [0.05, 0.1) is 0 Å². The third-order valence-corrected chi connectivity index (χ3v) is 8.54. The van der Waals surface area contributed by atoms with Crippen molar-refractivity contribution < 1.29 is 18.0 Å². The Labute approximate surface area is 178 Å². The van der Waals surface area contributed by atoms with E-state index in [1.54, 1.807) is 0 Å². The average molecular weight is 430 g/mol. The molecule has 2 aliphatic heterocycles. The van der Waals surface area contributed by atoms with Crippen LogP contribution in [0.3, 0.4) is 0 Å². The minimum Gasteiger partial charge on any atom is -0.353 e. The number of amides is 1. The van der Waals surface area contributed by atoms with E-state index in [-0.39, 0.29) is 24.3 Å². The van der Waals surface area contributed by atoms with E-state index in [4.69, 9.17) is 0 Å². The minimum absolute atomic E-state index is 0.0195. The Morgan fingerprint density at radius 2 is 1.67 bits per heavy atom. The zero-order valence-corrected chi connectivity index (χ0v) is 18.1. The van der Waals surface area contributed by atoms with Crippen LogP contribution in [-0.4, -0.2) is 43.3 Å². The molecule has 7 heteroatoms. The van der Waals surface area contributed by atoms with E-state index in [0.29, 0.717) is 30.8 Å². The van der Waals surface area contributed by atoms with E-state index >= 15 is 0 Å². The lowest BCUT2D eigenvalue weighted by Gasteiger charge is -2.48. The summed E-state index contributed by atoms with van der Waals surface area (Å²) in [5.41, 5.74) is 0. The number of piperidine rings is 2. The molecule has 2 saturated heterocycles. The van der Waals surface area contributed by atoms with Crippen molar-refractivity contribution in [3.63, 3.8) is 0 Å². The number of fused-ring (bicyclic) bond motifs is 1. The van der Waals surface area contributed by atoms with Crippen molar-refractivity contribution >= 4 is 5.91 Å². The van der Waals surface area contributed by atoms with Crippen molar-refractivity contribution in [2.24, 2.45) is 29.6 Å². The lowest BCUT2D eigenvalue weighted by Crippen LogP contribution is -2.54. The van der Waals surface area contributed by atoms with Gasteiger partial charge in [-0.3, -0.25) is 4.79 Å². The van der Waals surface area contributed by atoms with Crippen molar-refractivity contribution in [2.75, 3.05) is 13.1 Å². The normalized spacial score (nSPS) is 42.9. The standard InChI is InChI=1S/C23H38F3N3O/c1-14-12-15(22(30)29-16-9-11-28-21(13-16)23(24,25)26)7-8-17(14)18-4-2-6-20-19(18)5-3-10-27-20/h14-21,27-28H,2-13H2,1H3,(H,29,30). The molecule has 0 bridgehead atoms. The van der Waals surface area contributed by atoms with Crippen LogP contribution in [0, 0.1) is 29.6 Å². The van der Waals surface area contributed by atoms with Crippen molar-refractivity contribution in [2.45, 2.75) is 95.4 Å². The van der Waals surface area contributed by atoms with Crippen LogP contribution in [0.4, 0.5) is 13.2 Å². The summed E-state index contributed by atoms with van der Waals surface area (Å²) >= 11 is 0. The highest BCUT2D eigenvalue weighted by molar-refractivity contribution is 5.79. The van der Waals surface area contributed by atoms with Gasteiger partial charge in [-0.25, -0.2) is 0 Å². The predicted octanol–water partition coefficient (Wildman–Crippen LogP) is 4.01. The summed E-state index contributed by atoms with van der Waals surface area (Å²) in [7, 11) is 0. The second-order valence-corrected chi connectivity index (χ2v) is 10.4. The maximum Gasteiger partial charge on any atom is 0.403 e. The van der Waals surface area contributed by atoms with Crippen LogP contribution in [0.5, 0.6) is 0 Å². The number of halogens is 3. The molecule has 30 heavy (non-hydrogen) atoms. The van der Waals surface area contributed by atoms with Crippen molar-refractivity contribution in [3.05, 3.63) is 0 Å². The first-order chi connectivity index (χ1) is 14.3. The van der Waals surface area contributed by atoms with Crippen LogP contribution in [0.1, 0.15) is 71.1 Å². The summed E-state index contributed by atoms with van der Waals surface area (Å²) in [6.45, 7) is 3.76. The van der Waals surface area contributed by atoms with E-state index in [1.165, 1.54) is 32.1 Å². The van der Waals surface area contributed by atoms with Gasteiger partial charge >= 0.3 is 6.18 Å². The highest BCUT2D eigenvalue weighted by atomic mass is 19.4. The Hall–Kier alpha value is -0.820. The predicted molar refractivity (Wildman–Crippen MR) is 111 cm³/mol. The molecule has 4 nitrogen and oxygen atoms in total. The number of carbonyl (C=O) groups excluding carboxylic acids is 1. The quantitative estimate of drug-likeness (QED) is 0.636. The number of hydrogen-bond donors (Lipinski definition) is 3. The first-order valence-corrected chi connectivity index (χ1v) is 12.2. The van der Waals surface area contributed by atoms with Gasteiger partial charge in [-0.05, 0) is 94.5 Å². The molecule has 8 unspecified atom stereocenters. The Balaban J connectivity index is 1.30. The molecule has 4 rings (SSSR count). The van der Waals surface area contributed by atoms with Gasteiger partial charge in [0.25, 0.3) is 0 Å². The van der Waals surface area contributed by atoms with Gasteiger partial charge in [-0.2, -0.15) is 13.2 Å². The summed E-state index contributed by atoms with van der Waals surface area (Å²) in [6, 6.07) is -1.19. The molecule has 0 aromatic heterocycles. The Bertz CT molecular complexity index is 597. The third-order valence-electron chi connectivity index (χ3n) is 8.54. The molecule has 2 heterocycles. The summed E-state index contributed by atoms with van der Waals surface area (Å²) in [6.07, 6.45) is 5.67. The van der Waals surface area contributed by atoms with E-state index < -0.39 is 12.2 Å². The van der Waals surface area contributed by atoms with Gasteiger partial charge in [0, 0.05) is 18.0 Å². The van der Waals surface area contributed by atoms with Gasteiger partial charge in [-0.1, -0.05) is 13.3 Å². The monoisotopic (exact) mass is 429 g/mol. The third kappa shape index (κ3) is 4.98. The SMILES string of the molecule is CC1CC(C(=O)NC2CCNC(C(F)(F)F)C2)CCC1C1CCCC2NCCCC21. The van der Waals surface area contributed by atoms with Crippen LogP contribution >= 0.6 is 0 Å². The number of nitrogens with one attached hydrogen (secondary N) is 3. The van der Waals surface area contributed by atoms with Gasteiger partial charge in [0.15, 0.2) is 0 Å². The summed E-state index contributed by atoms with van der Waals surface area (Å²) in [5.74, 6) is 2.70. The van der Waals surface area contributed by atoms with Crippen LogP contribution < -0.4 is 16.0 Å². The molecule has 4 fully saturated rings. The van der Waals surface area contributed by atoms with Gasteiger partial charge in [0.2, 0.25) is 5.91 Å². The van der Waals surface area contributed by atoms with Crippen LogP contribution in [0.2, 0.25) is 0 Å². The second kappa shape index (κ2) is 9.35. The summed E-state index contributed by atoms with van der Waals surface area (Å²) in [4.78, 5) is 12.9. The lowest BCUT2D eigenvalue weighted by atomic mass is 9.60. The molecule has 0 aromatic rings. The molecule has 0 radical (unpaired) electrons. The van der Waals surface area contributed by atoms with Crippen molar-refractivity contribution in [1.29, 1.82) is 0 Å². The number of carbonyl (C=O) groups is 1. The molecule has 2 aliphatic carbocycles. The zero-order valence-electron chi connectivity index (χ0n) is 18.1. The molecule has 1 amide bonds. The Morgan fingerprint density at radius 3 is 2.43 bits per heavy atom. The van der Waals surface area contributed by atoms with E-state index in [9.17, 15) is 18.0 Å². The smallest absolute Gasteiger partial charge is 0.353 e. The molecular formula is C23H38F3N3O. The summed E-state index contributed by atoms with van der Waals surface area (Å²) < 4.78 is 39.0. The first-order valence-electron chi connectivity index (χ1n) is 12.2. The van der Waals surface area contributed by atoms with Crippen molar-refractivity contribution in [3.8, 4) is 0 Å². The highest BCUT2D eigenvalue weighted by Gasteiger charge is 2.45. The maximum absolute atomic E-state index is 13.0. The fourth-order valence-corrected chi connectivity index (χ4v) is 7.04. The van der Waals surface area contributed by atoms with Gasteiger partial charge < -0.3 is 16.0 Å². The molecular weight excluding hydrogens is 391 g/mol. The molecule has 172 valence electrons. The van der Waals surface area contributed by atoms with Crippen LogP contribution in [0.15, 0.2) is 0 Å². The largest absolute Gasteiger partial charge is 0.403 e. The minimum atomic E-state index is -4.25. The van der Waals surface area contributed by atoms with E-state index in [0.717, 1.165) is 37.6 Å². The summed E-state index contributed by atoms with van der Waals surface area (Å²) in [5, 5.41) is 9.24. The Morgan fingerprint density at radius 1 is 0.867 bits per heavy atom. The number of alkyl halides is 3. The molecule has 0 aromatic carbocycles. The average Bonchev–Trinajstić information content (AvgIpc) is 2.73. The molecule has 2 saturated carbocycles. The second-order valence-electron chi connectivity index (χ2n) is 10.4. The molecule has 4 aliphatic rings. The maximum atomic E-state index is 13.0. The van der Waals surface area contributed by atoms with Crippen LogP contribution in [0.25, 0.3) is 0 Å². The first kappa shape index (κ1) is 22.4. The number of rotatable bonds is 3. The van der Waals surface area contributed by atoms with E-state index in [1.807, 2.05) is 0 Å². The van der Waals surface area contributed by atoms with Crippen molar-refractivity contribution in [1.82, 2.24) is 16.0 Å².